The van der Waals surface area contributed by atoms with Gasteiger partial charge in [-0.25, -0.2) is 4.39 Å². The third-order valence-electron chi connectivity index (χ3n) is 1.63. The van der Waals surface area contributed by atoms with E-state index in [1.807, 2.05) is 14.1 Å². The van der Waals surface area contributed by atoms with Crippen molar-refractivity contribution < 1.29 is 9.18 Å². The van der Waals surface area contributed by atoms with Gasteiger partial charge in [-0.15, -0.1) is 12.4 Å². The lowest BCUT2D eigenvalue weighted by atomic mass is 10.1. The molecule has 0 fully saturated rings. The third kappa shape index (κ3) is 3.85. The van der Waals surface area contributed by atoms with Crippen molar-refractivity contribution in [2.75, 3.05) is 20.6 Å². The van der Waals surface area contributed by atoms with Crippen LogP contribution in [0.5, 0.6) is 0 Å². The molecule has 0 N–H and O–H groups in total. The molecule has 1 aromatic rings. The number of rotatable bonds is 3. The fraction of sp³-hybridized carbons (Fsp3) is 0.300. The number of carbonyl (C=O) groups excluding carboxylic acids is 1. The molecule has 0 saturated carbocycles. The Kier molecular flexibility index (Phi) is 5.35. The fourth-order valence-electron chi connectivity index (χ4n) is 1.01. The van der Waals surface area contributed by atoms with Gasteiger partial charge in [-0.1, -0.05) is 0 Å². The molecule has 0 aliphatic rings. The van der Waals surface area contributed by atoms with Crippen LogP contribution in [-0.2, 0) is 0 Å². The van der Waals surface area contributed by atoms with Crippen LogP contribution in [0.2, 0.25) is 0 Å². The van der Waals surface area contributed by atoms with Crippen LogP contribution < -0.4 is 0 Å². The molecule has 0 bridgehead atoms. The Hall–Kier alpha value is -0.930. The summed E-state index contributed by atoms with van der Waals surface area (Å²) in [6.07, 6.45) is 0. The van der Waals surface area contributed by atoms with Crippen molar-refractivity contribution in [2.45, 2.75) is 0 Å². The Balaban J connectivity index is 0.00000169. The van der Waals surface area contributed by atoms with Crippen molar-refractivity contribution in [1.29, 1.82) is 0 Å². The second kappa shape index (κ2) is 5.73. The fourth-order valence-corrected chi connectivity index (χ4v) is 1.01. The van der Waals surface area contributed by atoms with Crippen molar-refractivity contribution >= 4 is 18.2 Å². The van der Waals surface area contributed by atoms with E-state index >= 15 is 0 Å². The minimum absolute atomic E-state index is 0. The largest absolute Gasteiger partial charge is 0.302 e. The van der Waals surface area contributed by atoms with E-state index in [-0.39, 0.29) is 24.0 Å². The van der Waals surface area contributed by atoms with Crippen LogP contribution in [0.1, 0.15) is 10.4 Å². The predicted octanol–water partition coefficient (Wildman–Crippen LogP) is 1.99. The first-order chi connectivity index (χ1) is 6.09. The number of halogens is 2. The first kappa shape index (κ1) is 13.1. The molecule has 0 heterocycles. The maximum absolute atomic E-state index is 12.5. The lowest BCUT2D eigenvalue weighted by molar-refractivity contribution is 0.0958. The van der Waals surface area contributed by atoms with Crippen LogP contribution in [0.3, 0.4) is 0 Å². The average Bonchev–Trinajstić information content (AvgIpc) is 2.04. The standard InChI is InChI=1S/C10H12FNO.ClH/c1-12(2)7-10(13)8-3-5-9(11)6-4-8;/h3-6H,7H2,1-2H3;1H. The van der Waals surface area contributed by atoms with Gasteiger partial charge in [-0.05, 0) is 38.4 Å². The smallest absolute Gasteiger partial charge is 0.176 e. The van der Waals surface area contributed by atoms with Gasteiger partial charge >= 0.3 is 0 Å². The molecule has 0 unspecified atom stereocenters. The van der Waals surface area contributed by atoms with E-state index in [1.54, 1.807) is 4.90 Å². The molecule has 14 heavy (non-hydrogen) atoms. The van der Waals surface area contributed by atoms with Crippen LogP contribution in [-0.4, -0.2) is 31.3 Å². The number of nitrogens with zero attached hydrogens (tertiary/aromatic N) is 1. The monoisotopic (exact) mass is 217 g/mol. The zero-order valence-corrected chi connectivity index (χ0v) is 8.97. The molecule has 0 atom stereocenters. The zero-order valence-electron chi connectivity index (χ0n) is 8.16. The molecule has 0 aliphatic carbocycles. The van der Waals surface area contributed by atoms with E-state index in [1.165, 1.54) is 24.3 Å². The summed E-state index contributed by atoms with van der Waals surface area (Å²) < 4.78 is 12.5. The molecule has 0 aliphatic heterocycles. The predicted molar refractivity (Wildman–Crippen MR) is 56.5 cm³/mol. The SMILES string of the molecule is CN(C)CC(=O)c1ccc(F)cc1.Cl. The van der Waals surface area contributed by atoms with Crippen molar-refractivity contribution in [3.05, 3.63) is 35.6 Å². The van der Waals surface area contributed by atoms with Gasteiger partial charge in [0.1, 0.15) is 5.82 Å². The van der Waals surface area contributed by atoms with Crippen LogP contribution in [0.4, 0.5) is 4.39 Å². The zero-order chi connectivity index (χ0) is 9.84. The summed E-state index contributed by atoms with van der Waals surface area (Å²) in [4.78, 5) is 13.2. The molecular formula is C10H13ClFNO. The first-order valence-corrected chi connectivity index (χ1v) is 4.03. The highest BCUT2D eigenvalue weighted by Gasteiger charge is 2.05. The number of hydrogen-bond acceptors (Lipinski definition) is 2. The Morgan fingerprint density at radius 3 is 2.21 bits per heavy atom. The van der Waals surface area contributed by atoms with Gasteiger partial charge < -0.3 is 4.90 Å². The van der Waals surface area contributed by atoms with Crippen LogP contribution in [0, 0.1) is 5.82 Å². The quantitative estimate of drug-likeness (QED) is 0.722. The Labute approximate surface area is 89.1 Å². The number of Topliss-reactive ketones (excluding diaryl/α,β-unsaturated/α-hetero) is 1. The van der Waals surface area contributed by atoms with Crippen molar-refractivity contribution in [3.8, 4) is 0 Å². The highest BCUT2D eigenvalue weighted by atomic mass is 35.5. The van der Waals surface area contributed by atoms with E-state index < -0.39 is 0 Å². The Morgan fingerprint density at radius 1 is 1.29 bits per heavy atom. The molecule has 4 heteroatoms. The summed E-state index contributed by atoms with van der Waals surface area (Å²) >= 11 is 0. The van der Waals surface area contributed by atoms with Gasteiger partial charge in [0.2, 0.25) is 0 Å². The summed E-state index contributed by atoms with van der Waals surface area (Å²) in [5.74, 6) is -0.314. The summed E-state index contributed by atoms with van der Waals surface area (Å²) in [7, 11) is 3.64. The lowest BCUT2D eigenvalue weighted by Gasteiger charge is -2.07. The van der Waals surface area contributed by atoms with Gasteiger partial charge in [-0.2, -0.15) is 0 Å². The topological polar surface area (TPSA) is 20.3 Å². The van der Waals surface area contributed by atoms with Gasteiger partial charge in [-0.3, -0.25) is 4.79 Å². The maximum Gasteiger partial charge on any atom is 0.176 e. The van der Waals surface area contributed by atoms with Gasteiger partial charge in [0.15, 0.2) is 5.78 Å². The number of hydrogen-bond donors (Lipinski definition) is 0. The van der Waals surface area contributed by atoms with E-state index in [9.17, 15) is 9.18 Å². The third-order valence-corrected chi connectivity index (χ3v) is 1.63. The molecule has 0 amide bonds. The highest BCUT2D eigenvalue weighted by molar-refractivity contribution is 5.97. The molecule has 1 aromatic carbocycles. The minimum atomic E-state index is -0.318. The molecule has 78 valence electrons. The van der Waals surface area contributed by atoms with Gasteiger partial charge in [0.25, 0.3) is 0 Å². The van der Waals surface area contributed by atoms with E-state index in [0.29, 0.717) is 12.1 Å². The van der Waals surface area contributed by atoms with Gasteiger partial charge in [0.05, 0.1) is 6.54 Å². The number of likely N-dealkylation sites (N-methyl/N-ethyl adjacent to an activating group) is 1. The summed E-state index contributed by atoms with van der Waals surface area (Å²) in [5.41, 5.74) is 0.551. The minimum Gasteiger partial charge on any atom is -0.302 e. The molecule has 1 rings (SSSR count). The number of carbonyl (C=O) groups is 1. The second-order valence-corrected chi connectivity index (χ2v) is 3.17. The van der Waals surface area contributed by atoms with Gasteiger partial charge in [0, 0.05) is 5.56 Å². The van der Waals surface area contributed by atoms with Crippen LogP contribution >= 0.6 is 12.4 Å². The lowest BCUT2D eigenvalue weighted by Crippen LogP contribution is -2.21. The normalized spacial score (nSPS) is 9.71. The Morgan fingerprint density at radius 2 is 1.79 bits per heavy atom. The van der Waals surface area contributed by atoms with Crippen molar-refractivity contribution in [2.24, 2.45) is 0 Å². The summed E-state index contributed by atoms with van der Waals surface area (Å²) in [5, 5.41) is 0. The molecular weight excluding hydrogens is 205 g/mol. The van der Waals surface area contributed by atoms with Crippen molar-refractivity contribution in [1.82, 2.24) is 4.90 Å². The molecule has 0 spiro atoms. The summed E-state index contributed by atoms with van der Waals surface area (Å²) in [6, 6.07) is 5.59. The molecule has 0 aromatic heterocycles. The highest BCUT2D eigenvalue weighted by Crippen LogP contribution is 2.03. The molecule has 0 radical (unpaired) electrons. The number of ketones is 1. The van der Waals surface area contributed by atoms with E-state index in [2.05, 4.69) is 0 Å². The Bertz CT molecular complexity index is 297. The second-order valence-electron chi connectivity index (χ2n) is 3.17. The molecule has 2 nitrogen and oxygen atoms in total. The first-order valence-electron chi connectivity index (χ1n) is 4.03. The van der Waals surface area contributed by atoms with Crippen LogP contribution in [0.25, 0.3) is 0 Å². The number of benzene rings is 1. The maximum atomic E-state index is 12.5. The van der Waals surface area contributed by atoms with E-state index in [4.69, 9.17) is 0 Å². The molecule has 0 saturated heterocycles. The summed E-state index contributed by atoms with van der Waals surface area (Å²) in [6.45, 7) is 0.353. The van der Waals surface area contributed by atoms with Crippen molar-refractivity contribution in [3.63, 3.8) is 0 Å². The van der Waals surface area contributed by atoms with E-state index in [0.717, 1.165) is 0 Å². The average molecular weight is 218 g/mol. The van der Waals surface area contributed by atoms with Crippen LogP contribution in [0.15, 0.2) is 24.3 Å².